The van der Waals surface area contributed by atoms with Gasteiger partial charge >= 0.3 is 0 Å². The van der Waals surface area contributed by atoms with E-state index in [1.54, 1.807) is 12.4 Å². The lowest BCUT2D eigenvalue weighted by molar-refractivity contribution is 0.271. The number of nitrogens with two attached hydrogens (primary N) is 1. The van der Waals surface area contributed by atoms with Gasteiger partial charge in [-0.3, -0.25) is 0 Å². The number of nitrogens with zero attached hydrogens (tertiary/aromatic N) is 12. The van der Waals surface area contributed by atoms with Crippen LogP contribution in [0.15, 0.2) is 120 Å². The van der Waals surface area contributed by atoms with E-state index in [2.05, 4.69) is 50.0 Å². The summed E-state index contributed by atoms with van der Waals surface area (Å²) in [6.45, 7) is 4.09. The van der Waals surface area contributed by atoms with Gasteiger partial charge < -0.3 is 10.8 Å². The van der Waals surface area contributed by atoms with Gasteiger partial charge in [-0.2, -0.15) is 0 Å². The topological polar surface area (TPSA) is 221 Å². The van der Waals surface area contributed by atoms with Crippen molar-refractivity contribution in [2.24, 2.45) is 10.2 Å². The molecule has 0 saturated carbocycles. The van der Waals surface area contributed by atoms with Crippen molar-refractivity contribution in [3.63, 3.8) is 0 Å². The lowest BCUT2D eigenvalue weighted by Crippen LogP contribution is -2.00. The number of rotatable bonds is 8. The van der Waals surface area contributed by atoms with Crippen molar-refractivity contribution in [3.8, 4) is 33.8 Å². The van der Waals surface area contributed by atoms with E-state index in [1.807, 2.05) is 105 Å². The van der Waals surface area contributed by atoms with E-state index >= 15 is 0 Å². The second kappa shape index (κ2) is 18.4. The Balaban J connectivity index is 0.000000166. The largest absolute Gasteiger partial charge is 0.396 e. The molecule has 0 radical (unpaired) electrons. The highest BCUT2D eigenvalue weighted by atomic mass is 16.3. The van der Waals surface area contributed by atoms with Crippen LogP contribution in [0.4, 0.5) is 5.69 Å². The van der Waals surface area contributed by atoms with Crippen LogP contribution < -0.4 is 5.73 Å². The predicted molar refractivity (Wildman–Crippen MR) is 188 cm³/mol. The molecule has 3 heterocycles. The summed E-state index contributed by atoms with van der Waals surface area (Å²) < 4.78 is 0. The molecule has 3 N–H and O–H groups in total. The van der Waals surface area contributed by atoms with Crippen molar-refractivity contribution in [3.05, 3.63) is 159 Å². The summed E-state index contributed by atoms with van der Waals surface area (Å²) in [5.74, 6) is 1.45. The van der Waals surface area contributed by atoms with Crippen molar-refractivity contribution in [1.29, 1.82) is 0 Å². The van der Waals surface area contributed by atoms with Gasteiger partial charge in [0, 0.05) is 38.9 Å². The van der Waals surface area contributed by atoms with Crippen LogP contribution in [-0.4, -0.2) is 35.0 Å². The molecule has 6 aromatic rings. The van der Waals surface area contributed by atoms with Crippen LogP contribution in [0, 0.1) is 13.8 Å². The summed E-state index contributed by atoms with van der Waals surface area (Å²) in [4.78, 5) is 30.5. The average molecular weight is 652 g/mol. The van der Waals surface area contributed by atoms with Crippen LogP contribution in [-0.2, 0) is 19.7 Å². The number of hydrogen-bond donors (Lipinski definition) is 2. The first-order valence-electron chi connectivity index (χ1n) is 15.0. The second-order valence-electron chi connectivity index (χ2n) is 10.3. The first-order valence-corrected chi connectivity index (χ1v) is 15.0. The Morgan fingerprint density at radius 1 is 0.571 bits per heavy atom. The number of aliphatic hydroxyl groups excluding tert-OH is 1. The van der Waals surface area contributed by atoms with E-state index in [-0.39, 0.29) is 19.7 Å². The molecule has 0 fully saturated rings. The van der Waals surface area contributed by atoms with Gasteiger partial charge in [0.1, 0.15) is 18.3 Å². The third kappa shape index (κ3) is 10.4. The molecule has 14 nitrogen and oxygen atoms in total. The molecule has 14 heteroatoms. The molecular weight excluding hydrogens is 618 g/mol. The molecule has 0 aliphatic rings. The number of nitrogen functional groups attached to an aromatic ring is 1. The fourth-order valence-corrected chi connectivity index (χ4v) is 4.41. The molecule has 0 aliphatic carbocycles. The number of hydrogen-bond acceptors (Lipinski definition) is 10. The van der Waals surface area contributed by atoms with Crippen LogP contribution >= 0.6 is 0 Å². The molecular formula is C35H33N13O. The molecule has 0 saturated heterocycles. The van der Waals surface area contributed by atoms with Gasteiger partial charge in [-0.1, -0.05) is 101 Å². The molecule has 3 aromatic carbocycles. The Morgan fingerprint density at radius 2 is 0.939 bits per heavy atom. The van der Waals surface area contributed by atoms with E-state index in [0.29, 0.717) is 28.9 Å². The number of azide groups is 2. The van der Waals surface area contributed by atoms with Gasteiger partial charge in [0.15, 0.2) is 5.82 Å². The molecule has 0 atom stereocenters. The zero-order chi connectivity index (χ0) is 34.8. The average Bonchev–Trinajstić information content (AvgIpc) is 3.16. The summed E-state index contributed by atoms with van der Waals surface area (Å²) in [7, 11) is 0. The molecule has 0 amide bonds. The van der Waals surface area contributed by atoms with E-state index in [4.69, 9.17) is 21.9 Å². The summed E-state index contributed by atoms with van der Waals surface area (Å²) in [5, 5.41) is 15.9. The first kappa shape index (κ1) is 35.1. The first-order chi connectivity index (χ1) is 23.9. The summed E-state index contributed by atoms with van der Waals surface area (Å²) >= 11 is 0. The molecule has 244 valence electrons. The number of anilines is 1. The highest BCUT2D eigenvalue weighted by Crippen LogP contribution is 2.23. The highest BCUT2D eigenvalue weighted by molar-refractivity contribution is 5.71. The fourth-order valence-electron chi connectivity index (χ4n) is 4.41. The zero-order valence-electron chi connectivity index (χ0n) is 26.9. The molecule has 49 heavy (non-hydrogen) atoms. The Labute approximate surface area is 282 Å². The number of aromatic nitrogens is 6. The van der Waals surface area contributed by atoms with E-state index in [9.17, 15) is 0 Å². The fraction of sp³-hybridized carbons (Fsp3) is 0.143. The zero-order valence-corrected chi connectivity index (χ0v) is 26.9. The maximum atomic E-state index is 8.97. The van der Waals surface area contributed by atoms with Crippen molar-refractivity contribution in [2.75, 3.05) is 5.73 Å². The van der Waals surface area contributed by atoms with Crippen LogP contribution in [0.2, 0.25) is 0 Å². The van der Waals surface area contributed by atoms with Gasteiger partial charge in [-0.05, 0) is 36.0 Å². The Kier molecular flexibility index (Phi) is 13.2. The van der Waals surface area contributed by atoms with Crippen molar-refractivity contribution in [2.45, 2.75) is 33.5 Å². The van der Waals surface area contributed by atoms with Crippen molar-refractivity contribution >= 4 is 5.69 Å². The van der Waals surface area contributed by atoms with Crippen LogP contribution in [0.25, 0.3) is 54.7 Å². The lowest BCUT2D eigenvalue weighted by atomic mass is 10.1. The standard InChI is InChI=1S/C12H11N5.C12H12N2O.C11H10N6/c1-9-7-14-11(8-15-17-13)16-12(9)10-5-3-2-4-6-10;1-9-7-13-11(8-15)14-12(9)10-5-3-2-4-6-10;12-9-6-14-10(7-15-17-13)16-11(9)8-4-2-1-3-5-8/h2-7H,8H2,1H3;2-7,15H,8H2,1H3;1-6H,7,12H2. The van der Waals surface area contributed by atoms with Crippen LogP contribution in [0.1, 0.15) is 28.6 Å². The van der Waals surface area contributed by atoms with Crippen molar-refractivity contribution < 1.29 is 5.11 Å². The monoisotopic (exact) mass is 651 g/mol. The van der Waals surface area contributed by atoms with Gasteiger partial charge in [-0.15, -0.1) is 0 Å². The van der Waals surface area contributed by atoms with Gasteiger partial charge in [0.2, 0.25) is 0 Å². The molecule has 0 spiro atoms. The van der Waals surface area contributed by atoms with Gasteiger partial charge in [0.05, 0.1) is 42.1 Å². The molecule has 0 aliphatic heterocycles. The summed E-state index contributed by atoms with van der Waals surface area (Å²) in [6, 6.07) is 29.3. The maximum Gasteiger partial charge on any atom is 0.154 e. The Bertz CT molecular complexity index is 1940. The van der Waals surface area contributed by atoms with E-state index < -0.39 is 0 Å². The summed E-state index contributed by atoms with van der Waals surface area (Å²) in [6.07, 6.45) is 5.01. The van der Waals surface area contributed by atoms with Crippen LogP contribution in [0.3, 0.4) is 0 Å². The maximum absolute atomic E-state index is 8.97. The minimum atomic E-state index is -0.125. The normalized spacial score (nSPS) is 9.86. The van der Waals surface area contributed by atoms with Gasteiger partial charge in [-0.25, -0.2) is 29.9 Å². The molecule has 0 bridgehead atoms. The lowest BCUT2D eigenvalue weighted by Gasteiger charge is -2.05. The second-order valence-corrected chi connectivity index (χ2v) is 10.3. The van der Waals surface area contributed by atoms with E-state index in [1.165, 1.54) is 6.20 Å². The minimum Gasteiger partial charge on any atom is -0.396 e. The number of aryl methyl sites for hydroxylation is 2. The Hall–Kier alpha value is -6.72. The van der Waals surface area contributed by atoms with E-state index in [0.717, 1.165) is 39.2 Å². The smallest absolute Gasteiger partial charge is 0.154 e. The SMILES string of the molecule is Cc1cnc(CN=[N+]=[N-])nc1-c1ccccc1.Cc1cnc(CO)nc1-c1ccccc1.[N-]=[N+]=NCc1ncc(N)c(-c2ccccc2)n1. The third-order valence-electron chi connectivity index (χ3n) is 6.74. The number of benzene rings is 3. The van der Waals surface area contributed by atoms with Crippen molar-refractivity contribution in [1.82, 2.24) is 29.9 Å². The Morgan fingerprint density at radius 3 is 1.37 bits per heavy atom. The van der Waals surface area contributed by atoms with Gasteiger partial charge in [0.25, 0.3) is 0 Å². The van der Waals surface area contributed by atoms with Crippen LogP contribution in [0.5, 0.6) is 0 Å². The summed E-state index contributed by atoms with van der Waals surface area (Å²) in [5.41, 5.74) is 30.3. The quantitative estimate of drug-likeness (QED) is 0.0938. The number of aliphatic hydroxyl groups is 1. The molecule has 6 rings (SSSR count). The molecule has 3 aromatic heterocycles. The highest BCUT2D eigenvalue weighted by Gasteiger charge is 2.07. The third-order valence-corrected chi connectivity index (χ3v) is 6.74. The predicted octanol–water partition coefficient (Wildman–Crippen LogP) is 7.74. The minimum absolute atomic E-state index is 0.122. The molecule has 0 unspecified atom stereocenters.